The molecule has 0 bridgehead atoms. The number of hydrogen-bond acceptors (Lipinski definition) is 5. The summed E-state index contributed by atoms with van der Waals surface area (Å²) >= 11 is 0. The first-order chi connectivity index (χ1) is 11.3. The van der Waals surface area contributed by atoms with E-state index < -0.39 is 6.17 Å². The molecule has 3 aromatic heterocycles. The molecule has 118 valence electrons. The van der Waals surface area contributed by atoms with Crippen molar-refractivity contribution in [2.24, 2.45) is 0 Å². The number of aromatic nitrogens is 4. The standard InChI is InChI=1S/C16H17FN6/c17-12-4-5-18-9-14(12)22-16-10-19-8-13(21-16)11-7-20-23-6-2-1-3-15(11)23/h1-3,6-8,10,12,14,18H,4-5,9H2,(H,21,22)/t12-,14?/m1/s1. The summed E-state index contributed by atoms with van der Waals surface area (Å²) in [5.74, 6) is 0.578. The first-order valence-electron chi connectivity index (χ1n) is 7.67. The van der Waals surface area contributed by atoms with E-state index in [1.165, 1.54) is 0 Å². The van der Waals surface area contributed by atoms with Gasteiger partial charge in [-0.05, 0) is 25.1 Å². The minimum Gasteiger partial charge on any atom is -0.362 e. The van der Waals surface area contributed by atoms with E-state index in [-0.39, 0.29) is 6.04 Å². The van der Waals surface area contributed by atoms with E-state index in [1.807, 2.05) is 24.4 Å². The highest BCUT2D eigenvalue weighted by atomic mass is 19.1. The van der Waals surface area contributed by atoms with Gasteiger partial charge in [0.05, 0.1) is 35.8 Å². The summed E-state index contributed by atoms with van der Waals surface area (Å²) in [5.41, 5.74) is 2.58. The number of piperidine rings is 1. The molecule has 0 radical (unpaired) electrons. The highest BCUT2D eigenvalue weighted by molar-refractivity contribution is 5.77. The number of nitrogens with one attached hydrogen (secondary N) is 2. The molecule has 1 aliphatic rings. The SMILES string of the molecule is F[C@@H]1CCNCC1Nc1cncc(-c2cnn3ccccc23)n1. The predicted octanol–water partition coefficient (Wildman–Crippen LogP) is 1.90. The topological polar surface area (TPSA) is 67.1 Å². The van der Waals surface area contributed by atoms with Crippen molar-refractivity contribution < 1.29 is 4.39 Å². The molecule has 0 aliphatic carbocycles. The van der Waals surface area contributed by atoms with Gasteiger partial charge in [-0.2, -0.15) is 5.10 Å². The van der Waals surface area contributed by atoms with Gasteiger partial charge in [-0.1, -0.05) is 6.07 Å². The molecule has 6 nitrogen and oxygen atoms in total. The number of halogens is 1. The third-order valence-electron chi connectivity index (χ3n) is 4.07. The monoisotopic (exact) mass is 312 g/mol. The molecule has 7 heteroatoms. The Morgan fingerprint density at radius 1 is 1.26 bits per heavy atom. The normalized spacial score (nSPS) is 21.4. The summed E-state index contributed by atoms with van der Waals surface area (Å²) in [4.78, 5) is 8.81. The molecule has 1 unspecified atom stereocenters. The molecular formula is C16H17FN6. The highest BCUT2D eigenvalue weighted by Gasteiger charge is 2.24. The second kappa shape index (κ2) is 5.92. The van der Waals surface area contributed by atoms with Gasteiger partial charge in [0.2, 0.25) is 0 Å². The van der Waals surface area contributed by atoms with E-state index in [2.05, 4.69) is 25.7 Å². The van der Waals surface area contributed by atoms with Crippen molar-refractivity contribution in [3.8, 4) is 11.3 Å². The lowest BCUT2D eigenvalue weighted by Crippen LogP contribution is -2.46. The first kappa shape index (κ1) is 14.1. The van der Waals surface area contributed by atoms with Gasteiger partial charge in [0.15, 0.2) is 0 Å². The zero-order chi connectivity index (χ0) is 15.6. The maximum atomic E-state index is 14.0. The Morgan fingerprint density at radius 3 is 3.13 bits per heavy atom. The van der Waals surface area contributed by atoms with E-state index in [4.69, 9.17) is 0 Å². The zero-order valence-corrected chi connectivity index (χ0v) is 12.5. The Labute approximate surface area is 132 Å². The summed E-state index contributed by atoms with van der Waals surface area (Å²) in [7, 11) is 0. The van der Waals surface area contributed by atoms with E-state index in [0.717, 1.165) is 16.8 Å². The zero-order valence-electron chi connectivity index (χ0n) is 12.5. The Bertz CT molecular complexity index is 817. The third kappa shape index (κ3) is 2.75. The van der Waals surface area contributed by atoms with Gasteiger partial charge in [0, 0.05) is 18.3 Å². The molecule has 4 rings (SSSR count). The second-order valence-electron chi connectivity index (χ2n) is 5.64. The molecule has 1 fully saturated rings. The second-order valence-corrected chi connectivity index (χ2v) is 5.64. The van der Waals surface area contributed by atoms with Crippen molar-refractivity contribution in [1.29, 1.82) is 0 Å². The van der Waals surface area contributed by atoms with Gasteiger partial charge in [0.25, 0.3) is 0 Å². The molecule has 0 amide bonds. The van der Waals surface area contributed by atoms with Crippen molar-refractivity contribution in [2.45, 2.75) is 18.6 Å². The molecule has 2 atom stereocenters. The van der Waals surface area contributed by atoms with Crippen LogP contribution in [0.1, 0.15) is 6.42 Å². The summed E-state index contributed by atoms with van der Waals surface area (Å²) in [6.45, 7) is 1.30. The first-order valence-corrected chi connectivity index (χ1v) is 7.67. The van der Waals surface area contributed by atoms with Crippen LogP contribution in [0.2, 0.25) is 0 Å². The molecule has 23 heavy (non-hydrogen) atoms. The smallest absolute Gasteiger partial charge is 0.145 e. The maximum absolute atomic E-state index is 14.0. The maximum Gasteiger partial charge on any atom is 0.145 e. The molecule has 4 heterocycles. The van der Waals surface area contributed by atoms with Gasteiger partial charge in [0.1, 0.15) is 12.0 Å². The Balaban J connectivity index is 1.63. The van der Waals surface area contributed by atoms with Crippen LogP contribution in [0.15, 0.2) is 43.0 Å². The molecule has 0 spiro atoms. The summed E-state index contributed by atoms with van der Waals surface area (Å²) in [6, 6.07) is 5.58. The highest BCUT2D eigenvalue weighted by Crippen LogP contribution is 2.23. The van der Waals surface area contributed by atoms with Crippen LogP contribution in [-0.2, 0) is 0 Å². The average Bonchev–Trinajstić information content (AvgIpc) is 3.01. The Morgan fingerprint density at radius 2 is 2.22 bits per heavy atom. The fourth-order valence-electron chi connectivity index (χ4n) is 2.86. The summed E-state index contributed by atoms with van der Waals surface area (Å²) < 4.78 is 15.7. The number of pyridine rings is 1. The van der Waals surface area contributed by atoms with Crippen molar-refractivity contribution in [3.63, 3.8) is 0 Å². The van der Waals surface area contributed by atoms with Crippen LogP contribution < -0.4 is 10.6 Å². The lowest BCUT2D eigenvalue weighted by atomic mass is 10.1. The quantitative estimate of drug-likeness (QED) is 0.773. The number of nitrogens with zero attached hydrogens (tertiary/aromatic N) is 4. The number of fused-ring (bicyclic) bond motifs is 1. The Kier molecular flexibility index (Phi) is 3.63. The summed E-state index contributed by atoms with van der Waals surface area (Å²) in [6.07, 6.45) is 6.61. The average molecular weight is 312 g/mol. The minimum absolute atomic E-state index is 0.280. The molecule has 1 aliphatic heterocycles. The largest absolute Gasteiger partial charge is 0.362 e. The van der Waals surface area contributed by atoms with Crippen LogP contribution in [0.3, 0.4) is 0 Å². The number of rotatable bonds is 3. The summed E-state index contributed by atoms with van der Waals surface area (Å²) in [5, 5.41) is 10.6. The lowest BCUT2D eigenvalue weighted by molar-refractivity contribution is 0.241. The fourth-order valence-corrected chi connectivity index (χ4v) is 2.86. The van der Waals surface area contributed by atoms with E-state index in [9.17, 15) is 4.39 Å². The van der Waals surface area contributed by atoms with E-state index in [1.54, 1.807) is 23.1 Å². The van der Waals surface area contributed by atoms with Crippen molar-refractivity contribution in [1.82, 2.24) is 24.9 Å². The lowest BCUT2D eigenvalue weighted by Gasteiger charge is -2.27. The Hall–Kier alpha value is -2.54. The number of alkyl halides is 1. The van der Waals surface area contributed by atoms with Gasteiger partial charge < -0.3 is 10.6 Å². The van der Waals surface area contributed by atoms with Crippen LogP contribution in [-0.4, -0.2) is 44.9 Å². The van der Waals surface area contributed by atoms with Gasteiger partial charge >= 0.3 is 0 Å². The minimum atomic E-state index is -0.876. The van der Waals surface area contributed by atoms with Crippen LogP contribution in [0.25, 0.3) is 16.8 Å². The van der Waals surface area contributed by atoms with E-state index in [0.29, 0.717) is 25.3 Å². The van der Waals surface area contributed by atoms with Crippen LogP contribution in [0.5, 0.6) is 0 Å². The molecule has 3 aromatic rings. The van der Waals surface area contributed by atoms with E-state index >= 15 is 0 Å². The number of hydrogen-bond donors (Lipinski definition) is 2. The fraction of sp³-hybridized carbons (Fsp3) is 0.312. The van der Waals surface area contributed by atoms with Crippen LogP contribution in [0.4, 0.5) is 10.2 Å². The molecule has 2 N–H and O–H groups in total. The van der Waals surface area contributed by atoms with Gasteiger partial charge in [-0.25, -0.2) is 13.9 Å². The van der Waals surface area contributed by atoms with Crippen LogP contribution in [0, 0.1) is 0 Å². The molecule has 0 aromatic carbocycles. The van der Waals surface area contributed by atoms with Crippen molar-refractivity contribution in [3.05, 3.63) is 43.0 Å². The van der Waals surface area contributed by atoms with Crippen LogP contribution >= 0.6 is 0 Å². The van der Waals surface area contributed by atoms with Gasteiger partial charge in [-0.3, -0.25) is 4.98 Å². The van der Waals surface area contributed by atoms with Crippen molar-refractivity contribution in [2.75, 3.05) is 18.4 Å². The predicted molar refractivity (Wildman–Crippen MR) is 86.0 cm³/mol. The van der Waals surface area contributed by atoms with Gasteiger partial charge in [-0.15, -0.1) is 0 Å². The molecular weight excluding hydrogens is 295 g/mol. The van der Waals surface area contributed by atoms with Crippen molar-refractivity contribution >= 4 is 11.3 Å². The third-order valence-corrected chi connectivity index (χ3v) is 4.07. The number of anilines is 1. The molecule has 1 saturated heterocycles. The molecule has 0 saturated carbocycles.